The van der Waals surface area contributed by atoms with Gasteiger partial charge in [-0.2, -0.15) is 0 Å². The Morgan fingerprint density at radius 3 is 2.88 bits per heavy atom. The number of rotatable bonds is 4. The van der Waals surface area contributed by atoms with Gasteiger partial charge in [-0.05, 0) is 50.1 Å². The van der Waals surface area contributed by atoms with Gasteiger partial charge in [0.1, 0.15) is 0 Å². The Labute approximate surface area is 107 Å². The number of piperidine rings is 1. The fourth-order valence-electron chi connectivity index (χ4n) is 3.56. The van der Waals surface area contributed by atoms with Gasteiger partial charge in [0.15, 0.2) is 0 Å². The number of nitrogens with one attached hydrogen (secondary N) is 1. The first-order valence-corrected chi connectivity index (χ1v) is 7.57. The Morgan fingerprint density at radius 2 is 2.18 bits per heavy atom. The molecule has 2 fully saturated rings. The van der Waals surface area contributed by atoms with E-state index in [1.807, 2.05) is 0 Å². The van der Waals surface area contributed by atoms with Crippen LogP contribution in [0, 0.1) is 11.3 Å². The summed E-state index contributed by atoms with van der Waals surface area (Å²) in [5.41, 5.74) is 0.487. The summed E-state index contributed by atoms with van der Waals surface area (Å²) in [6, 6.07) is 0.705. The van der Waals surface area contributed by atoms with E-state index in [9.17, 15) is 0 Å². The number of hydrogen-bond acceptors (Lipinski definition) is 2. The Hall–Kier alpha value is -0.0800. The third kappa shape index (κ3) is 3.45. The van der Waals surface area contributed by atoms with Gasteiger partial charge in [-0.25, -0.2) is 0 Å². The minimum Gasteiger partial charge on any atom is -0.312 e. The summed E-state index contributed by atoms with van der Waals surface area (Å²) in [5.74, 6) is 0.978. The highest BCUT2D eigenvalue weighted by molar-refractivity contribution is 4.91. The first kappa shape index (κ1) is 13.4. The summed E-state index contributed by atoms with van der Waals surface area (Å²) in [7, 11) is 0. The lowest BCUT2D eigenvalue weighted by Crippen LogP contribution is -2.52. The van der Waals surface area contributed by atoms with Crippen LogP contribution in [0.15, 0.2) is 0 Å². The van der Waals surface area contributed by atoms with Crippen LogP contribution in [-0.4, -0.2) is 37.1 Å². The SMILES string of the molecule is CCCC1CCN(CC2NCCCC2(C)C)C1. The molecule has 0 aromatic heterocycles. The molecule has 2 unspecified atom stereocenters. The van der Waals surface area contributed by atoms with Crippen molar-refractivity contribution in [3.63, 3.8) is 0 Å². The molecule has 100 valence electrons. The third-order valence-electron chi connectivity index (χ3n) is 4.84. The zero-order valence-electron chi connectivity index (χ0n) is 12.0. The smallest absolute Gasteiger partial charge is 0.0246 e. The normalized spacial score (nSPS) is 34.1. The van der Waals surface area contributed by atoms with E-state index < -0.39 is 0 Å². The fourth-order valence-corrected chi connectivity index (χ4v) is 3.56. The van der Waals surface area contributed by atoms with E-state index >= 15 is 0 Å². The van der Waals surface area contributed by atoms with Crippen LogP contribution < -0.4 is 5.32 Å². The molecule has 0 amide bonds. The molecule has 17 heavy (non-hydrogen) atoms. The topological polar surface area (TPSA) is 15.3 Å². The summed E-state index contributed by atoms with van der Waals surface area (Å²) >= 11 is 0. The maximum Gasteiger partial charge on any atom is 0.0246 e. The highest BCUT2D eigenvalue weighted by atomic mass is 15.2. The lowest BCUT2D eigenvalue weighted by atomic mass is 9.77. The fraction of sp³-hybridized carbons (Fsp3) is 1.00. The van der Waals surface area contributed by atoms with Gasteiger partial charge in [0.25, 0.3) is 0 Å². The molecule has 0 spiro atoms. The largest absolute Gasteiger partial charge is 0.312 e. The van der Waals surface area contributed by atoms with E-state index in [0.717, 1.165) is 5.92 Å². The lowest BCUT2D eigenvalue weighted by molar-refractivity contribution is 0.136. The molecule has 2 heterocycles. The lowest BCUT2D eigenvalue weighted by Gasteiger charge is -2.41. The number of nitrogens with zero attached hydrogens (tertiary/aromatic N) is 1. The summed E-state index contributed by atoms with van der Waals surface area (Å²) < 4.78 is 0. The van der Waals surface area contributed by atoms with Crippen molar-refractivity contribution in [1.82, 2.24) is 10.2 Å². The average Bonchev–Trinajstić information content (AvgIpc) is 2.70. The summed E-state index contributed by atoms with van der Waals surface area (Å²) in [5, 5.41) is 3.74. The average molecular weight is 238 g/mol. The molecule has 2 rings (SSSR count). The Morgan fingerprint density at radius 1 is 1.35 bits per heavy atom. The summed E-state index contributed by atoms with van der Waals surface area (Å²) in [6.07, 6.45) is 6.95. The minimum absolute atomic E-state index is 0.487. The van der Waals surface area contributed by atoms with Crippen molar-refractivity contribution in [1.29, 1.82) is 0 Å². The standard InChI is InChI=1S/C15H30N2/c1-4-6-13-7-10-17(11-13)12-14-15(2,3)8-5-9-16-14/h13-14,16H,4-12H2,1-3H3. The van der Waals surface area contributed by atoms with Crippen molar-refractivity contribution < 1.29 is 0 Å². The molecular formula is C15H30N2. The molecule has 0 radical (unpaired) electrons. The second kappa shape index (κ2) is 5.71. The number of likely N-dealkylation sites (tertiary alicyclic amines) is 1. The molecule has 0 aromatic rings. The molecular weight excluding hydrogens is 208 g/mol. The van der Waals surface area contributed by atoms with Gasteiger partial charge in [0.2, 0.25) is 0 Å². The zero-order chi connectivity index (χ0) is 12.3. The van der Waals surface area contributed by atoms with Crippen LogP contribution >= 0.6 is 0 Å². The van der Waals surface area contributed by atoms with Crippen LogP contribution in [0.5, 0.6) is 0 Å². The van der Waals surface area contributed by atoms with Crippen LogP contribution in [0.4, 0.5) is 0 Å². The first-order valence-electron chi connectivity index (χ1n) is 7.57. The van der Waals surface area contributed by atoms with Crippen molar-refractivity contribution in [3.05, 3.63) is 0 Å². The van der Waals surface area contributed by atoms with Gasteiger partial charge in [-0.1, -0.05) is 27.2 Å². The molecule has 0 saturated carbocycles. The van der Waals surface area contributed by atoms with Crippen LogP contribution in [0.25, 0.3) is 0 Å². The van der Waals surface area contributed by atoms with Crippen molar-refractivity contribution in [3.8, 4) is 0 Å². The Bertz CT molecular complexity index is 237. The van der Waals surface area contributed by atoms with Gasteiger partial charge in [-0.3, -0.25) is 0 Å². The van der Waals surface area contributed by atoms with Crippen molar-refractivity contribution in [2.75, 3.05) is 26.2 Å². The van der Waals surface area contributed by atoms with Crippen molar-refractivity contribution in [2.45, 2.75) is 58.9 Å². The van der Waals surface area contributed by atoms with Gasteiger partial charge < -0.3 is 10.2 Å². The molecule has 2 aliphatic rings. The molecule has 2 heteroatoms. The van der Waals surface area contributed by atoms with Crippen LogP contribution in [0.3, 0.4) is 0 Å². The van der Waals surface area contributed by atoms with E-state index in [-0.39, 0.29) is 0 Å². The second-order valence-electron chi connectivity index (χ2n) is 6.80. The number of hydrogen-bond donors (Lipinski definition) is 1. The van der Waals surface area contributed by atoms with E-state index in [1.54, 1.807) is 0 Å². The third-order valence-corrected chi connectivity index (χ3v) is 4.84. The molecule has 2 atom stereocenters. The zero-order valence-corrected chi connectivity index (χ0v) is 12.0. The highest BCUT2D eigenvalue weighted by Crippen LogP contribution is 2.31. The van der Waals surface area contributed by atoms with Crippen LogP contribution in [-0.2, 0) is 0 Å². The first-order chi connectivity index (χ1) is 8.12. The van der Waals surface area contributed by atoms with Crippen molar-refractivity contribution >= 4 is 0 Å². The highest BCUT2D eigenvalue weighted by Gasteiger charge is 2.34. The Balaban J connectivity index is 1.81. The molecule has 0 bridgehead atoms. The van der Waals surface area contributed by atoms with E-state index in [4.69, 9.17) is 0 Å². The van der Waals surface area contributed by atoms with Gasteiger partial charge in [-0.15, -0.1) is 0 Å². The molecule has 2 nitrogen and oxygen atoms in total. The molecule has 2 saturated heterocycles. The van der Waals surface area contributed by atoms with Crippen molar-refractivity contribution in [2.24, 2.45) is 11.3 Å². The quantitative estimate of drug-likeness (QED) is 0.810. The predicted molar refractivity (Wildman–Crippen MR) is 74.3 cm³/mol. The van der Waals surface area contributed by atoms with E-state index in [0.29, 0.717) is 11.5 Å². The molecule has 0 aliphatic carbocycles. The monoisotopic (exact) mass is 238 g/mol. The molecule has 2 aliphatic heterocycles. The molecule has 1 N–H and O–H groups in total. The van der Waals surface area contributed by atoms with Gasteiger partial charge in [0.05, 0.1) is 0 Å². The molecule has 0 aromatic carbocycles. The predicted octanol–water partition coefficient (Wildman–Crippen LogP) is 2.89. The minimum atomic E-state index is 0.487. The maximum absolute atomic E-state index is 3.74. The van der Waals surface area contributed by atoms with Crippen LogP contribution in [0.2, 0.25) is 0 Å². The second-order valence-corrected chi connectivity index (χ2v) is 6.80. The van der Waals surface area contributed by atoms with Gasteiger partial charge in [0, 0.05) is 19.1 Å². The van der Waals surface area contributed by atoms with Gasteiger partial charge >= 0.3 is 0 Å². The van der Waals surface area contributed by atoms with Crippen LogP contribution in [0.1, 0.15) is 52.9 Å². The maximum atomic E-state index is 3.74. The summed E-state index contributed by atoms with van der Waals surface area (Å²) in [6.45, 7) is 12.4. The summed E-state index contributed by atoms with van der Waals surface area (Å²) in [4.78, 5) is 2.70. The Kier molecular flexibility index (Phi) is 4.48. The van der Waals surface area contributed by atoms with E-state index in [1.165, 1.54) is 58.3 Å². The van der Waals surface area contributed by atoms with E-state index in [2.05, 4.69) is 31.0 Å².